The molecule has 1 aromatic rings. The molecule has 2 fully saturated rings. The van der Waals surface area contributed by atoms with Crippen molar-refractivity contribution >= 4 is 5.91 Å². The topological polar surface area (TPSA) is 35.6 Å². The van der Waals surface area contributed by atoms with E-state index in [2.05, 4.69) is 59.3 Å². The first-order chi connectivity index (χ1) is 11.6. The molecule has 0 spiro atoms. The predicted octanol–water partition coefficient (Wildman–Crippen LogP) is 2.35. The molecule has 4 nitrogen and oxygen atoms in total. The maximum Gasteiger partial charge on any atom is 0.223 e. The van der Waals surface area contributed by atoms with Gasteiger partial charge in [0, 0.05) is 51.2 Å². The maximum atomic E-state index is 12.2. The molecule has 1 N–H and O–H groups in total. The summed E-state index contributed by atoms with van der Waals surface area (Å²) in [5.74, 6) is 1.07. The lowest BCUT2D eigenvalue weighted by Crippen LogP contribution is -2.51. The van der Waals surface area contributed by atoms with E-state index < -0.39 is 0 Å². The molecular weight excluding hydrogens is 298 g/mol. The van der Waals surface area contributed by atoms with Gasteiger partial charge in [-0.1, -0.05) is 37.3 Å². The third-order valence-corrected chi connectivity index (χ3v) is 5.38. The van der Waals surface area contributed by atoms with Crippen LogP contribution in [0.5, 0.6) is 0 Å². The van der Waals surface area contributed by atoms with Gasteiger partial charge in [-0.05, 0) is 31.2 Å². The van der Waals surface area contributed by atoms with E-state index in [4.69, 9.17) is 0 Å². The Balaban J connectivity index is 1.36. The minimum Gasteiger partial charge on any atom is -0.352 e. The molecule has 0 aromatic heterocycles. The number of nitrogens with zero attached hydrogens (tertiary/aromatic N) is 2. The Labute approximate surface area is 146 Å². The third-order valence-electron chi connectivity index (χ3n) is 5.38. The molecule has 1 aromatic carbocycles. The molecular formula is C20H31N3O. The van der Waals surface area contributed by atoms with Gasteiger partial charge in [0.25, 0.3) is 0 Å². The summed E-state index contributed by atoms with van der Waals surface area (Å²) in [5.41, 5.74) is 1.39. The lowest BCUT2D eigenvalue weighted by Gasteiger charge is -2.36. The summed E-state index contributed by atoms with van der Waals surface area (Å²) in [4.78, 5) is 17.2. The van der Waals surface area contributed by atoms with Gasteiger partial charge in [0.15, 0.2) is 0 Å². The summed E-state index contributed by atoms with van der Waals surface area (Å²) >= 11 is 0. The van der Waals surface area contributed by atoms with Gasteiger partial charge >= 0.3 is 0 Å². The van der Waals surface area contributed by atoms with Crippen molar-refractivity contribution in [1.29, 1.82) is 0 Å². The van der Waals surface area contributed by atoms with Gasteiger partial charge in [-0.2, -0.15) is 0 Å². The van der Waals surface area contributed by atoms with Gasteiger partial charge in [0.1, 0.15) is 0 Å². The molecule has 2 atom stereocenters. The van der Waals surface area contributed by atoms with Crippen LogP contribution in [-0.4, -0.2) is 54.5 Å². The van der Waals surface area contributed by atoms with Gasteiger partial charge in [-0.15, -0.1) is 0 Å². The zero-order valence-electron chi connectivity index (χ0n) is 15.1. The highest BCUT2D eigenvalue weighted by Crippen LogP contribution is 2.36. The minimum absolute atomic E-state index is 0.190. The highest BCUT2D eigenvalue weighted by atomic mass is 16.1. The zero-order valence-corrected chi connectivity index (χ0v) is 15.1. The first-order valence-electron chi connectivity index (χ1n) is 9.41. The van der Waals surface area contributed by atoms with Crippen LogP contribution in [0.25, 0.3) is 0 Å². The lowest BCUT2D eigenvalue weighted by molar-refractivity contribution is -0.125. The number of hydrogen-bond acceptors (Lipinski definition) is 3. The second-order valence-electron chi connectivity index (χ2n) is 7.60. The number of rotatable bonds is 7. The number of nitrogens with one attached hydrogen (secondary N) is 1. The van der Waals surface area contributed by atoms with Crippen LogP contribution in [0.3, 0.4) is 0 Å². The van der Waals surface area contributed by atoms with Crippen LogP contribution in [0, 0.1) is 11.8 Å². The van der Waals surface area contributed by atoms with Crippen LogP contribution in [0.1, 0.15) is 32.3 Å². The van der Waals surface area contributed by atoms with Crippen molar-refractivity contribution in [3.05, 3.63) is 35.9 Å². The number of carbonyl (C=O) groups is 1. The Bertz CT molecular complexity index is 521. The van der Waals surface area contributed by atoms with E-state index in [0.717, 1.165) is 39.3 Å². The average molecular weight is 329 g/mol. The van der Waals surface area contributed by atoms with Crippen LogP contribution in [0.15, 0.2) is 30.3 Å². The fourth-order valence-electron chi connectivity index (χ4n) is 3.59. The Morgan fingerprint density at radius 1 is 1.08 bits per heavy atom. The fraction of sp³-hybridized carbons (Fsp3) is 0.650. The van der Waals surface area contributed by atoms with Crippen LogP contribution in [0.4, 0.5) is 0 Å². The number of carbonyl (C=O) groups excluding carboxylic acids is 1. The fourth-order valence-corrected chi connectivity index (χ4v) is 3.59. The van der Waals surface area contributed by atoms with E-state index >= 15 is 0 Å². The summed E-state index contributed by atoms with van der Waals surface area (Å²) in [6.45, 7) is 10.6. The average Bonchev–Trinajstić information content (AvgIpc) is 3.42. The monoisotopic (exact) mass is 329 g/mol. The van der Waals surface area contributed by atoms with Gasteiger partial charge in [-0.3, -0.25) is 14.6 Å². The SMILES string of the molecule is CC(CN1CCN(Cc2ccccc2)CC1)NC(=O)C(C)C1CC1. The molecule has 0 bridgehead atoms. The molecule has 1 amide bonds. The van der Waals surface area contributed by atoms with Gasteiger partial charge in [0.05, 0.1) is 0 Å². The van der Waals surface area contributed by atoms with E-state index in [9.17, 15) is 4.79 Å². The summed E-state index contributed by atoms with van der Waals surface area (Å²) in [6.07, 6.45) is 2.46. The van der Waals surface area contributed by atoms with Crippen molar-refractivity contribution in [3.8, 4) is 0 Å². The largest absolute Gasteiger partial charge is 0.352 e. The summed E-state index contributed by atoms with van der Waals surface area (Å²) in [5, 5.41) is 3.21. The van der Waals surface area contributed by atoms with Crippen LogP contribution >= 0.6 is 0 Å². The molecule has 2 unspecified atom stereocenters. The van der Waals surface area contributed by atoms with Gasteiger partial charge in [0.2, 0.25) is 5.91 Å². The Kier molecular flexibility index (Phi) is 5.90. The van der Waals surface area contributed by atoms with Crippen LogP contribution in [-0.2, 0) is 11.3 Å². The highest BCUT2D eigenvalue weighted by Gasteiger charge is 2.33. The summed E-state index contributed by atoms with van der Waals surface area (Å²) in [6, 6.07) is 10.9. The first-order valence-corrected chi connectivity index (χ1v) is 9.41. The number of benzene rings is 1. The molecule has 4 heteroatoms. The van der Waals surface area contributed by atoms with Crippen LogP contribution < -0.4 is 5.32 Å². The second kappa shape index (κ2) is 8.13. The molecule has 1 heterocycles. The van der Waals surface area contributed by atoms with Crippen molar-refractivity contribution < 1.29 is 4.79 Å². The zero-order chi connectivity index (χ0) is 16.9. The van der Waals surface area contributed by atoms with E-state index in [-0.39, 0.29) is 17.9 Å². The lowest BCUT2D eigenvalue weighted by atomic mass is 10.1. The molecule has 1 aliphatic carbocycles. The van der Waals surface area contributed by atoms with Crippen molar-refractivity contribution in [3.63, 3.8) is 0 Å². The summed E-state index contributed by atoms with van der Waals surface area (Å²) < 4.78 is 0. The number of piperazine rings is 1. The van der Waals surface area contributed by atoms with E-state index in [1.165, 1.54) is 18.4 Å². The normalized spacial score (nSPS) is 22.1. The minimum atomic E-state index is 0.190. The maximum absolute atomic E-state index is 12.2. The van der Waals surface area contributed by atoms with E-state index in [1.807, 2.05) is 0 Å². The molecule has 24 heavy (non-hydrogen) atoms. The van der Waals surface area contributed by atoms with Crippen molar-refractivity contribution in [2.75, 3.05) is 32.7 Å². The molecule has 2 aliphatic rings. The summed E-state index contributed by atoms with van der Waals surface area (Å²) in [7, 11) is 0. The van der Waals surface area contributed by atoms with Crippen molar-refractivity contribution in [1.82, 2.24) is 15.1 Å². The standard InChI is InChI=1S/C20H31N3O/c1-16(21-20(24)17(2)19-8-9-19)14-22-10-12-23(13-11-22)15-18-6-4-3-5-7-18/h3-7,16-17,19H,8-15H2,1-2H3,(H,21,24). The van der Waals surface area contributed by atoms with Gasteiger partial charge < -0.3 is 5.32 Å². The predicted molar refractivity (Wildman–Crippen MR) is 97.7 cm³/mol. The van der Waals surface area contributed by atoms with Gasteiger partial charge in [-0.25, -0.2) is 0 Å². The number of amides is 1. The number of hydrogen-bond donors (Lipinski definition) is 1. The third kappa shape index (κ3) is 5.05. The smallest absolute Gasteiger partial charge is 0.223 e. The molecule has 3 rings (SSSR count). The Hall–Kier alpha value is -1.39. The Morgan fingerprint density at radius 2 is 1.71 bits per heavy atom. The Morgan fingerprint density at radius 3 is 2.33 bits per heavy atom. The van der Waals surface area contributed by atoms with E-state index in [1.54, 1.807) is 0 Å². The van der Waals surface area contributed by atoms with Crippen LogP contribution in [0.2, 0.25) is 0 Å². The van der Waals surface area contributed by atoms with Crippen molar-refractivity contribution in [2.24, 2.45) is 11.8 Å². The molecule has 1 saturated heterocycles. The first kappa shape index (κ1) is 17.4. The molecule has 1 aliphatic heterocycles. The second-order valence-corrected chi connectivity index (χ2v) is 7.60. The highest BCUT2D eigenvalue weighted by molar-refractivity contribution is 5.79. The molecule has 132 valence electrons. The molecule has 1 saturated carbocycles. The molecule has 0 radical (unpaired) electrons. The quantitative estimate of drug-likeness (QED) is 0.834. The van der Waals surface area contributed by atoms with E-state index in [0.29, 0.717) is 5.92 Å². The van der Waals surface area contributed by atoms with Crippen molar-refractivity contribution in [2.45, 2.75) is 39.3 Å².